The molecule has 0 aromatic carbocycles. The first-order valence-electron chi connectivity index (χ1n) is 6.33. The summed E-state index contributed by atoms with van der Waals surface area (Å²) in [5, 5.41) is 3.44. The van der Waals surface area contributed by atoms with Crippen molar-refractivity contribution in [3.8, 4) is 0 Å². The van der Waals surface area contributed by atoms with Crippen molar-refractivity contribution >= 4 is 5.82 Å². The fourth-order valence-corrected chi connectivity index (χ4v) is 2.31. The number of H-pyrrole nitrogens is 1. The molecule has 1 fully saturated rings. The number of anilines is 1. The van der Waals surface area contributed by atoms with E-state index in [0.29, 0.717) is 6.04 Å². The fourth-order valence-electron chi connectivity index (χ4n) is 2.31. The van der Waals surface area contributed by atoms with Gasteiger partial charge in [-0.3, -0.25) is 4.79 Å². The van der Waals surface area contributed by atoms with E-state index in [1.807, 2.05) is 0 Å². The van der Waals surface area contributed by atoms with Crippen molar-refractivity contribution in [1.29, 1.82) is 0 Å². The van der Waals surface area contributed by atoms with Crippen LogP contribution in [0.2, 0.25) is 0 Å². The van der Waals surface area contributed by atoms with Gasteiger partial charge in [0.05, 0.1) is 6.33 Å². The van der Waals surface area contributed by atoms with Crippen molar-refractivity contribution in [2.75, 3.05) is 24.5 Å². The molecule has 5 nitrogen and oxygen atoms in total. The summed E-state index contributed by atoms with van der Waals surface area (Å²) in [6.45, 7) is 5.18. The lowest BCUT2D eigenvalue weighted by Gasteiger charge is -2.25. The maximum Gasteiger partial charge on any atom is 0.252 e. The van der Waals surface area contributed by atoms with Crippen LogP contribution in [-0.2, 0) is 0 Å². The number of nitrogens with zero attached hydrogens (tertiary/aromatic N) is 2. The average molecular weight is 236 g/mol. The smallest absolute Gasteiger partial charge is 0.252 e. The largest absolute Gasteiger partial charge is 0.352 e. The lowest BCUT2D eigenvalue weighted by molar-refractivity contribution is 0.568. The zero-order valence-electron chi connectivity index (χ0n) is 10.3. The van der Waals surface area contributed by atoms with Crippen molar-refractivity contribution in [3.05, 3.63) is 22.7 Å². The Morgan fingerprint density at radius 3 is 3.29 bits per heavy atom. The molecule has 1 unspecified atom stereocenters. The lowest BCUT2D eigenvalue weighted by atomic mass is 10.2. The minimum absolute atomic E-state index is 0.0813. The predicted molar refractivity (Wildman–Crippen MR) is 68.4 cm³/mol. The highest BCUT2D eigenvalue weighted by Crippen LogP contribution is 2.21. The molecule has 0 amide bonds. The second kappa shape index (κ2) is 5.82. The first kappa shape index (κ1) is 12.1. The van der Waals surface area contributed by atoms with Crippen molar-refractivity contribution in [2.45, 2.75) is 32.2 Å². The van der Waals surface area contributed by atoms with Crippen LogP contribution in [0.15, 0.2) is 17.2 Å². The van der Waals surface area contributed by atoms with Crippen molar-refractivity contribution in [3.63, 3.8) is 0 Å². The summed E-state index contributed by atoms with van der Waals surface area (Å²) < 4.78 is 0. The second-order valence-electron chi connectivity index (χ2n) is 4.46. The number of aromatic nitrogens is 2. The van der Waals surface area contributed by atoms with Crippen LogP contribution in [0.1, 0.15) is 26.2 Å². The number of rotatable bonds is 5. The molecule has 0 bridgehead atoms. The zero-order valence-corrected chi connectivity index (χ0v) is 10.3. The summed E-state index contributed by atoms with van der Waals surface area (Å²) in [7, 11) is 0. The number of hydrogen-bond donors (Lipinski definition) is 2. The number of aromatic amines is 1. The van der Waals surface area contributed by atoms with Crippen LogP contribution >= 0.6 is 0 Å². The molecule has 0 saturated carbocycles. The summed E-state index contributed by atoms with van der Waals surface area (Å²) in [5.74, 6) is 0.801. The molecule has 17 heavy (non-hydrogen) atoms. The summed E-state index contributed by atoms with van der Waals surface area (Å²) in [5.41, 5.74) is -0.0813. The van der Waals surface area contributed by atoms with E-state index in [2.05, 4.69) is 27.1 Å². The van der Waals surface area contributed by atoms with E-state index >= 15 is 0 Å². The van der Waals surface area contributed by atoms with Gasteiger partial charge in [-0.05, 0) is 25.8 Å². The Labute approximate surface area is 101 Å². The van der Waals surface area contributed by atoms with Crippen molar-refractivity contribution in [2.24, 2.45) is 0 Å². The van der Waals surface area contributed by atoms with E-state index in [9.17, 15) is 4.79 Å². The van der Waals surface area contributed by atoms with Gasteiger partial charge in [-0.15, -0.1) is 0 Å². The highest BCUT2D eigenvalue weighted by Gasteiger charge is 2.25. The molecule has 0 spiro atoms. The van der Waals surface area contributed by atoms with Gasteiger partial charge in [0.1, 0.15) is 5.82 Å². The molecule has 1 aromatic heterocycles. The maximum absolute atomic E-state index is 11.3. The molecule has 1 saturated heterocycles. The van der Waals surface area contributed by atoms with Crippen LogP contribution in [0.3, 0.4) is 0 Å². The molecule has 2 N–H and O–H groups in total. The van der Waals surface area contributed by atoms with Gasteiger partial charge in [0.25, 0.3) is 5.56 Å². The van der Waals surface area contributed by atoms with Crippen LogP contribution < -0.4 is 15.8 Å². The molecule has 2 heterocycles. The Kier molecular flexibility index (Phi) is 4.14. The Morgan fingerprint density at radius 1 is 1.65 bits per heavy atom. The molecule has 0 aliphatic carbocycles. The van der Waals surface area contributed by atoms with E-state index < -0.39 is 0 Å². The van der Waals surface area contributed by atoms with Crippen molar-refractivity contribution in [1.82, 2.24) is 15.3 Å². The Balaban J connectivity index is 2.01. The third-order valence-electron chi connectivity index (χ3n) is 3.14. The first-order valence-corrected chi connectivity index (χ1v) is 6.33. The molecule has 5 heteroatoms. The Morgan fingerprint density at radius 2 is 2.53 bits per heavy atom. The highest BCUT2D eigenvalue weighted by molar-refractivity contribution is 5.39. The Hall–Kier alpha value is -1.36. The Bertz CT molecular complexity index is 403. The van der Waals surface area contributed by atoms with Gasteiger partial charge < -0.3 is 15.2 Å². The maximum atomic E-state index is 11.3. The van der Waals surface area contributed by atoms with E-state index in [-0.39, 0.29) is 5.56 Å². The zero-order chi connectivity index (χ0) is 12.1. The first-order chi connectivity index (χ1) is 8.31. The van der Waals surface area contributed by atoms with E-state index in [0.717, 1.165) is 31.9 Å². The monoisotopic (exact) mass is 236 g/mol. The molecule has 1 aliphatic rings. The molecular weight excluding hydrogens is 216 g/mol. The number of hydrogen-bond acceptors (Lipinski definition) is 4. The average Bonchev–Trinajstić information content (AvgIpc) is 2.78. The standard InChI is InChI=1S/C12H20N4O/c1-2-5-13-8-10-4-3-6-16(10)11-7-12(17)15-9-14-11/h7,9-10,13H,2-6,8H2,1H3,(H,14,15,17). The fraction of sp³-hybridized carbons (Fsp3) is 0.667. The minimum atomic E-state index is -0.0813. The van der Waals surface area contributed by atoms with Gasteiger partial charge in [-0.2, -0.15) is 0 Å². The molecule has 2 rings (SSSR count). The summed E-state index contributed by atoms with van der Waals surface area (Å²) in [6, 6.07) is 2.05. The quantitative estimate of drug-likeness (QED) is 0.740. The molecular formula is C12H20N4O. The van der Waals surface area contributed by atoms with Gasteiger partial charge in [-0.1, -0.05) is 6.92 Å². The van der Waals surface area contributed by atoms with Gasteiger partial charge >= 0.3 is 0 Å². The van der Waals surface area contributed by atoms with Gasteiger partial charge in [0, 0.05) is 25.2 Å². The van der Waals surface area contributed by atoms with Crippen LogP contribution in [0.5, 0.6) is 0 Å². The molecule has 1 aliphatic heterocycles. The third-order valence-corrected chi connectivity index (χ3v) is 3.14. The predicted octanol–water partition coefficient (Wildman–Crippen LogP) is 0.738. The van der Waals surface area contributed by atoms with Gasteiger partial charge in [0.2, 0.25) is 0 Å². The van der Waals surface area contributed by atoms with Gasteiger partial charge in [0.15, 0.2) is 0 Å². The van der Waals surface area contributed by atoms with Crippen molar-refractivity contribution < 1.29 is 0 Å². The molecule has 0 radical (unpaired) electrons. The topological polar surface area (TPSA) is 61.0 Å². The van der Waals surface area contributed by atoms with Gasteiger partial charge in [-0.25, -0.2) is 4.98 Å². The lowest BCUT2D eigenvalue weighted by Crippen LogP contribution is -2.39. The van der Waals surface area contributed by atoms with Crippen LogP contribution in [0.25, 0.3) is 0 Å². The minimum Gasteiger partial charge on any atom is -0.352 e. The summed E-state index contributed by atoms with van der Waals surface area (Å²) in [4.78, 5) is 20.3. The van der Waals surface area contributed by atoms with E-state index in [1.54, 1.807) is 6.07 Å². The van der Waals surface area contributed by atoms with E-state index in [4.69, 9.17) is 0 Å². The van der Waals surface area contributed by atoms with Crippen LogP contribution in [0, 0.1) is 0 Å². The highest BCUT2D eigenvalue weighted by atomic mass is 16.1. The summed E-state index contributed by atoms with van der Waals surface area (Å²) >= 11 is 0. The molecule has 1 aromatic rings. The normalized spacial score (nSPS) is 19.8. The summed E-state index contributed by atoms with van der Waals surface area (Å²) in [6.07, 6.45) is 4.97. The number of nitrogens with one attached hydrogen (secondary N) is 2. The SMILES string of the molecule is CCCNCC1CCCN1c1cc(=O)[nH]cn1. The van der Waals surface area contributed by atoms with Crippen LogP contribution in [0.4, 0.5) is 5.82 Å². The van der Waals surface area contributed by atoms with E-state index in [1.165, 1.54) is 19.2 Å². The van der Waals surface area contributed by atoms with Crippen LogP contribution in [-0.4, -0.2) is 35.6 Å². The third kappa shape index (κ3) is 3.06. The second-order valence-corrected chi connectivity index (χ2v) is 4.46. The molecule has 94 valence electrons. The molecule has 1 atom stereocenters.